The Morgan fingerprint density at radius 3 is 2.11 bits per heavy atom. The molecule has 0 fully saturated rings. The predicted octanol–water partition coefficient (Wildman–Crippen LogP) is 0.522. The van der Waals surface area contributed by atoms with Crippen molar-refractivity contribution in [1.29, 1.82) is 0 Å². The molecule has 56 valence electrons. The summed E-state index contributed by atoms with van der Waals surface area (Å²) in [5.74, 6) is 0. The van der Waals surface area contributed by atoms with Gasteiger partial charge in [-0.3, -0.25) is 0 Å². The lowest BCUT2D eigenvalue weighted by Crippen LogP contribution is -2.40. The Labute approximate surface area is 50.8 Å². The summed E-state index contributed by atoms with van der Waals surface area (Å²) in [5.41, 5.74) is 4.61. The van der Waals surface area contributed by atoms with Gasteiger partial charge in [-0.1, -0.05) is 0 Å². The maximum atomic E-state index is 11.4. The zero-order valence-corrected chi connectivity index (χ0v) is 4.90. The number of alkyl halides is 3. The van der Waals surface area contributed by atoms with Crippen LogP contribution in [0.1, 0.15) is 0 Å². The monoisotopic (exact) mass is 143 g/mol. The highest BCUT2D eigenvalue weighted by molar-refractivity contribution is 4.68. The summed E-state index contributed by atoms with van der Waals surface area (Å²) in [6.45, 7) is -0.483. The van der Waals surface area contributed by atoms with Gasteiger partial charge in [0.15, 0.2) is 0 Å². The molecule has 0 aromatic carbocycles. The molecule has 0 aromatic rings. The Kier molecular flexibility index (Phi) is 2.93. The van der Waals surface area contributed by atoms with Crippen molar-refractivity contribution in [1.82, 2.24) is 0 Å². The van der Waals surface area contributed by atoms with E-state index in [1.165, 1.54) is 7.11 Å². The maximum absolute atomic E-state index is 11.4. The van der Waals surface area contributed by atoms with Crippen molar-refractivity contribution in [3.05, 3.63) is 0 Å². The zero-order valence-electron chi connectivity index (χ0n) is 4.90. The van der Waals surface area contributed by atoms with E-state index in [2.05, 4.69) is 10.5 Å². The lowest BCUT2D eigenvalue weighted by Gasteiger charge is -2.13. The van der Waals surface area contributed by atoms with E-state index in [4.69, 9.17) is 0 Å². The van der Waals surface area contributed by atoms with Crippen LogP contribution in [0.2, 0.25) is 0 Å². The number of ether oxygens (including phenoxy) is 1. The smallest absolute Gasteiger partial charge is 0.383 e. The van der Waals surface area contributed by atoms with Gasteiger partial charge in [-0.2, -0.15) is 13.2 Å². The molecule has 0 aromatic heterocycles. The lowest BCUT2D eigenvalue weighted by molar-refractivity contribution is -0.157. The Morgan fingerprint density at radius 1 is 1.56 bits per heavy atom. The van der Waals surface area contributed by atoms with E-state index in [1.807, 2.05) is 0 Å². The normalized spacial score (nSPS) is 15.7. The molecule has 0 saturated heterocycles. The van der Waals surface area contributed by atoms with Crippen molar-refractivity contribution in [2.75, 3.05) is 13.7 Å². The van der Waals surface area contributed by atoms with Crippen molar-refractivity contribution < 1.29 is 17.9 Å². The highest BCUT2D eigenvalue weighted by Gasteiger charge is 2.36. The minimum atomic E-state index is -4.34. The molecule has 0 radical (unpaired) electrons. The molecular weight excluding hydrogens is 135 g/mol. The largest absolute Gasteiger partial charge is 0.405 e. The number of hydrogen-bond donors (Lipinski definition) is 1. The van der Waals surface area contributed by atoms with E-state index in [1.54, 1.807) is 0 Å². The standard InChI is InChI=1S/C4H8F3NO/c1-9-2-3(8)4(5,6)7/h3H,2,8H2,1H3/t3-/m1/s1. The molecule has 0 saturated carbocycles. The van der Waals surface area contributed by atoms with Crippen LogP contribution >= 0.6 is 0 Å². The lowest BCUT2D eigenvalue weighted by atomic mass is 10.3. The molecule has 0 spiro atoms. The van der Waals surface area contributed by atoms with Crippen LogP contribution in [0.25, 0.3) is 0 Å². The van der Waals surface area contributed by atoms with Gasteiger partial charge in [0.2, 0.25) is 0 Å². The second-order valence-corrected chi connectivity index (χ2v) is 1.60. The van der Waals surface area contributed by atoms with E-state index in [0.717, 1.165) is 0 Å². The zero-order chi connectivity index (χ0) is 7.49. The van der Waals surface area contributed by atoms with E-state index < -0.39 is 18.8 Å². The van der Waals surface area contributed by atoms with E-state index in [9.17, 15) is 13.2 Å². The fourth-order valence-corrected chi connectivity index (χ4v) is 0.274. The molecule has 5 heteroatoms. The Hall–Kier alpha value is -0.290. The van der Waals surface area contributed by atoms with E-state index in [0.29, 0.717) is 0 Å². The molecule has 0 amide bonds. The van der Waals surface area contributed by atoms with Gasteiger partial charge in [-0.25, -0.2) is 0 Å². The summed E-state index contributed by atoms with van der Waals surface area (Å²) in [5, 5.41) is 0. The van der Waals surface area contributed by atoms with E-state index >= 15 is 0 Å². The number of rotatable bonds is 2. The van der Waals surface area contributed by atoms with Crippen LogP contribution in [0.4, 0.5) is 13.2 Å². The molecule has 2 nitrogen and oxygen atoms in total. The average Bonchev–Trinajstić information content (AvgIpc) is 1.64. The molecule has 0 aliphatic carbocycles. The summed E-state index contributed by atoms with van der Waals surface area (Å²) < 4.78 is 38.5. The van der Waals surface area contributed by atoms with Crippen molar-refractivity contribution in [2.45, 2.75) is 12.2 Å². The van der Waals surface area contributed by atoms with Crippen molar-refractivity contribution in [3.8, 4) is 0 Å². The van der Waals surface area contributed by atoms with Crippen LogP contribution in [-0.4, -0.2) is 25.9 Å². The number of hydrogen-bond acceptors (Lipinski definition) is 2. The number of methoxy groups -OCH3 is 1. The first-order valence-electron chi connectivity index (χ1n) is 2.29. The molecule has 9 heavy (non-hydrogen) atoms. The highest BCUT2D eigenvalue weighted by Crippen LogP contribution is 2.17. The van der Waals surface area contributed by atoms with Gasteiger partial charge in [-0.15, -0.1) is 0 Å². The summed E-state index contributed by atoms with van der Waals surface area (Å²) in [6.07, 6.45) is -4.34. The first-order valence-corrected chi connectivity index (χ1v) is 2.29. The summed E-state index contributed by atoms with van der Waals surface area (Å²) >= 11 is 0. The summed E-state index contributed by atoms with van der Waals surface area (Å²) in [7, 11) is 1.17. The fourth-order valence-electron chi connectivity index (χ4n) is 0.274. The SMILES string of the molecule is COC[C@@H](N)C(F)(F)F. The minimum Gasteiger partial charge on any atom is -0.383 e. The van der Waals surface area contributed by atoms with Gasteiger partial charge in [0.25, 0.3) is 0 Å². The van der Waals surface area contributed by atoms with Gasteiger partial charge in [0.05, 0.1) is 6.61 Å². The Balaban J connectivity index is 3.59. The summed E-state index contributed by atoms with van der Waals surface area (Å²) in [4.78, 5) is 0. The number of halogens is 3. The minimum absolute atomic E-state index is 0.483. The molecule has 0 bridgehead atoms. The molecule has 0 rings (SSSR count). The molecule has 0 heterocycles. The number of nitrogens with two attached hydrogens (primary N) is 1. The molecule has 2 N–H and O–H groups in total. The Bertz CT molecular complexity index is 82.4. The van der Waals surface area contributed by atoms with Gasteiger partial charge in [0, 0.05) is 7.11 Å². The van der Waals surface area contributed by atoms with Gasteiger partial charge in [-0.05, 0) is 0 Å². The predicted molar refractivity (Wildman–Crippen MR) is 25.9 cm³/mol. The Morgan fingerprint density at radius 2 is 2.00 bits per heavy atom. The van der Waals surface area contributed by atoms with Crippen molar-refractivity contribution in [3.63, 3.8) is 0 Å². The molecule has 1 atom stereocenters. The van der Waals surface area contributed by atoms with Crippen LogP contribution in [0.3, 0.4) is 0 Å². The maximum Gasteiger partial charge on any atom is 0.405 e. The topological polar surface area (TPSA) is 35.2 Å². The quantitative estimate of drug-likeness (QED) is 0.611. The first kappa shape index (κ1) is 8.71. The molecular formula is C4H8F3NO. The van der Waals surface area contributed by atoms with Crippen LogP contribution in [0.5, 0.6) is 0 Å². The third-order valence-corrected chi connectivity index (χ3v) is 0.767. The van der Waals surface area contributed by atoms with Crippen LogP contribution in [0.15, 0.2) is 0 Å². The molecule has 0 aliphatic rings. The van der Waals surface area contributed by atoms with Crippen LogP contribution in [0, 0.1) is 0 Å². The summed E-state index contributed by atoms with van der Waals surface area (Å²) in [6, 6.07) is -1.86. The third-order valence-electron chi connectivity index (χ3n) is 0.767. The second kappa shape index (κ2) is 3.03. The second-order valence-electron chi connectivity index (χ2n) is 1.60. The highest BCUT2D eigenvalue weighted by atomic mass is 19.4. The average molecular weight is 143 g/mol. The molecule has 0 aliphatic heterocycles. The third kappa shape index (κ3) is 3.31. The van der Waals surface area contributed by atoms with Gasteiger partial charge in [0.1, 0.15) is 6.04 Å². The van der Waals surface area contributed by atoms with Crippen LogP contribution < -0.4 is 5.73 Å². The van der Waals surface area contributed by atoms with Crippen LogP contribution in [-0.2, 0) is 4.74 Å². The van der Waals surface area contributed by atoms with Crippen molar-refractivity contribution in [2.24, 2.45) is 5.73 Å². The van der Waals surface area contributed by atoms with E-state index in [-0.39, 0.29) is 0 Å². The first-order chi connectivity index (χ1) is 3.98. The van der Waals surface area contributed by atoms with Gasteiger partial charge >= 0.3 is 6.18 Å². The fraction of sp³-hybridized carbons (Fsp3) is 1.00. The van der Waals surface area contributed by atoms with Crippen molar-refractivity contribution >= 4 is 0 Å². The van der Waals surface area contributed by atoms with Gasteiger partial charge < -0.3 is 10.5 Å². The molecule has 0 unspecified atom stereocenters.